The molecule has 1 aromatic heterocycles. The normalized spacial score (nSPS) is 15.3. The summed E-state index contributed by atoms with van der Waals surface area (Å²) in [6.45, 7) is 4.04. The summed E-state index contributed by atoms with van der Waals surface area (Å²) in [6, 6.07) is 10.6. The molecule has 1 amide bonds. The SMILES string of the molecule is CN1CCN(c2nc3ccc(NC(=O)c4ccc(Cl)cc4Cl)cc3s2)CC1. The van der Waals surface area contributed by atoms with Crippen LogP contribution in [0, 0.1) is 0 Å². The summed E-state index contributed by atoms with van der Waals surface area (Å²) in [5, 5.41) is 4.76. The number of piperazine rings is 1. The summed E-state index contributed by atoms with van der Waals surface area (Å²) in [6.07, 6.45) is 0. The number of nitrogens with zero attached hydrogens (tertiary/aromatic N) is 3. The Morgan fingerprint density at radius 3 is 2.63 bits per heavy atom. The first-order valence-electron chi connectivity index (χ1n) is 8.60. The van der Waals surface area contributed by atoms with Gasteiger partial charge in [0.25, 0.3) is 5.91 Å². The zero-order valence-electron chi connectivity index (χ0n) is 14.7. The molecule has 5 nitrogen and oxygen atoms in total. The highest BCUT2D eigenvalue weighted by Gasteiger charge is 2.18. The number of hydrogen-bond acceptors (Lipinski definition) is 5. The highest BCUT2D eigenvalue weighted by Crippen LogP contribution is 2.31. The molecular weight excluding hydrogens is 403 g/mol. The number of carbonyl (C=O) groups excluding carboxylic acids is 1. The minimum Gasteiger partial charge on any atom is -0.345 e. The fourth-order valence-electron chi connectivity index (χ4n) is 3.00. The lowest BCUT2D eigenvalue weighted by Gasteiger charge is -2.31. The summed E-state index contributed by atoms with van der Waals surface area (Å²) < 4.78 is 1.05. The van der Waals surface area contributed by atoms with E-state index in [9.17, 15) is 4.79 Å². The maximum Gasteiger partial charge on any atom is 0.257 e. The number of rotatable bonds is 3. The summed E-state index contributed by atoms with van der Waals surface area (Å²) >= 11 is 13.7. The third-order valence-electron chi connectivity index (χ3n) is 4.58. The number of anilines is 2. The molecule has 0 atom stereocenters. The van der Waals surface area contributed by atoms with Crippen LogP contribution in [0.25, 0.3) is 10.2 Å². The molecule has 0 saturated carbocycles. The molecule has 1 aliphatic rings. The van der Waals surface area contributed by atoms with E-state index in [1.807, 2.05) is 18.2 Å². The molecular formula is C19H18Cl2N4OS. The van der Waals surface area contributed by atoms with Gasteiger partial charge >= 0.3 is 0 Å². The minimum absolute atomic E-state index is 0.264. The fourth-order valence-corrected chi connectivity index (χ4v) is 4.55. The summed E-state index contributed by atoms with van der Waals surface area (Å²) in [5.74, 6) is -0.264. The van der Waals surface area contributed by atoms with Crippen molar-refractivity contribution in [3.8, 4) is 0 Å². The monoisotopic (exact) mass is 420 g/mol. The van der Waals surface area contributed by atoms with Crippen LogP contribution in [0.2, 0.25) is 10.0 Å². The number of aromatic nitrogens is 1. The summed E-state index contributed by atoms with van der Waals surface area (Å²) in [4.78, 5) is 21.9. The Bertz CT molecular complexity index is 999. The summed E-state index contributed by atoms with van der Waals surface area (Å²) in [5.41, 5.74) is 2.05. The van der Waals surface area contributed by atoms with Crippen LogP contribution in [-0.4, -0.2) is 49.0 Å². The van der Waals surface area contributed by atoms with Crippen LogP contribution < -0.4 is 10.2 Å². The number of amides is 1. The molecule has 2 heterocycles. The molecule has 140 valence electrons. The Hall–Kier alpha value is -1.86. The number of thiazole rings is 1. The maximum atomic E-state index is 12.5. The quantitative estimate of drug-likeness (QED) is 0.671. The van der Waals surface area contributed by atoms with Crippen LogP contribution in [-0.2, 0) is 0 Å². The van der Waals surface area contributed by atoms with Gasteiger partial charge in [0.1, 0.15) is 0 Å². The standard InChI is InChI=1S/C19H18Cl2N4OS/c1-24-6-8-25(9-7-24)19-23-16-5-3-13(11-17(16)27-19)22-18(26)14-4-2-12(20)10-15(14)21/h2-5,10-11H,6-9H2,1H3,(H,22,26). The van der Waals surface area contributed by atoms with Gasteiger partial charge < -0.3 is 15.1 Å². The van der Waals surface area contributed by atoms with E-state index in [0.717, 1.165) is 41.5 Å². The van der Waals surface area contributed by atoms with Gasteiger partial charge in [-0.3, -0.25) is 4.79 Å². The first-order valence-corrected chi connectivity index (χ1v) is 10.2. The number of benzene rings is 2. The van der Waals surface area contributed by atoms with Crippen LogP contribution >= 0.6 is 34.5 Å². The second kappa shape index (κ2) is 7.64. The van der Waals surface area contributed by atoms with Crippen LogP contribution in [0.5, 0.6) is 0 Å². The molecule has 1 fully saturated rings. The van der Waals surface area contributed by atoms with Gasteiger partial charge in [-0.1, -0.05) is 34.5 Å². The van der Waals surface area contributed by atoms with Crippen molar-refractivity contribution in [2.45, 2.75) is 0 Å². The second-order valence-corrected chi connectivity index (χ2v) is 8.40. The van der Waals surface area contributed by atoms with Gasteiger partial charge in [0, 0.05) is 36.9 Å². The second-order valence-electron chi connectivity index (χ2n) is 6.55. The van der Waals surface area contributed by atoms with Gasteiger partial charge in [-0.15, -0.1) is 0 Å². The molecule has 0 spiro atoms. The average Bonchev–Trinajstić information content (AvgIpc) is 3.05. The Kier molecular flexibility index (Phi) is 5.23. The van der Waals surface area contributed by atoms with E-state index >= 15 is 0 Å². The average molecular weight is 421 g/mol. The molecule has 0 bridgehead atoms. The lowest BCUT2D eigenvalue weighted by molar-refractivity contribution is 0.102. The molecule has 1 N–H and O–H groups in total. The Balaban J connectivity index is 1.53. The van der Waals surface area contributed by atoms with Crippen molar-refractivity contribution in [2.24, 2.45) is 0 Å². The van der Waals surface area contributed by atoms with Crippen molar-refractivity contribution < 1.29 is 4.79 Å². The van der Waals surface area contributed by atoms with Crippen molar-refractivity contribution in [1.29, 1.82) is 0 Å². The predicted molar refractivity (Wildman–Crippen MR) is 114 cm³/mol. The molecule has 0 unspecified atom stereocenters. The van der Waals surface area contributed by atoms with Crippen molar-refractivity contribution in [1.82, 2.24) is 9.88 Å². The Labute approximate surface area is 171 Å². The van der Waals surface area contributed by atoms with E-state index in [4.69, 9.17) is 28.2 Å². The van der Waals surface area contributed by atoms with E-state index in [0.29, 0.717) is 21.3 Å². The third-order valence-corrected chi connectivity index (χ3v) is 6.21. The molecule has 8 heteroatoms. The van der Waals surface area contributed by atoms with E-state index in [-0.39, 0.29) is 5.91 Å². The zero-order valence-corrected chi connectivity index (χ0v) is 17.0. The topological polar surface area (TPSA) is 48.5 Å². The van der Waals surface area contributed by atoms with Gasteiger partial charge in [0.05, 0.1) is 20.8 Å². The molecule has 0 radical (unpaired) electrons. The van der Waals surface area contributed by atoms with Gasteiger partial charge in [0.2, 0.25) is 0 Å². The molecule has 1 aliphatic heterocycles. The zero-order chi connectivity index (χ0) is 19.0. The predicted octanol–water partition coefficient (Wildman–Crippen LogP) is 4.61. The molecule has 1 saturated heterocycles. The summed E-state index contributed by atoms with van der Waals surface area (Å²) in [7, 11) is 2.14. The van der Waals surface area contributed by atoms with Crippen molar-refractivity contribution >= 4 is 61.5 Å². The molecule has 0 aliphatic carbocycles. The van der Waals surface area contributed by atoms with Crippen molar-refractivity contribution in [3.63, 3.8) is 0 Å². The van der Waals surface area contributed by atoms with Crippen LogP contribution in [0.1, 0.15) is 10.4 Å². The maximum absolute atomic E-state index is 12.5. The molecule has 27 heavy (non-hydrogen) atoms. The van der Waals surface area contributed by atoms with Gasteiger partial charge in [-0.05, 0) is 43.4 Å². The fraction of sp³-hybridized carbons (Fsp3) is 0.263. The first-order chi connectivity index (χ1) is 13.0. The Morgan fingerprint density at radius 1 is 1.11 bits per heavy atom. The molecule has 3 aromatic rings. The van der Waals surface area contributed by atoms with Crippen LogP contribution in [0.15, 0.2) is 36.4 Å². The number of nitrogens with one attached hydrogen (secondary N) is 1. The number of fused-ring (bicyclic) bond motifs is 1. The van der Waals surface area contributed by atoms with E-state index in [1.54, 1.807) is 29.5 Å². The third kappa shape index (κ3) is 4.04. The van der Waals surface area contributed by atoms with E-state index in [2.05, 4.69) is 22.2 Å². The lowest BCUT2D eigenvalue weighted by atomic mass is 10.2. The van der Waals surface area contributed by atoms with Crippen LogP contribution in [0.4, 0.5) is 10.8 Å². The number of halogens is 2. The minimum atomic E-state index is -0.264. The van der Waals surface area contributed by atoms with E-state index < -0.39 is 0 Å². The van der Waals surface area contributed by atoms with Gasteiger partial charge in [-0.25, -0.2) is 4.98 Å². The van der Waals surface area contributed by atoms with Gasteiger partial charge in [0.15, 0.2) is 5.13 Å². The van der Waals surface area contributed by atoms with Gasteiger partial charge in [-0.2, -0.15) is 0 Å². The highest BCUT2D eigenvalue weighted by molar-refractivity contribution is 7.22. The van der Waals surface area contributed by atoms with Crippen molar-refractivity contribution in [2.75, 3.05) is 43.4 Å². The number of hydrogen-bond donors (Lipinski definition) is 1. The smallest absolute Gasteiger partial charge is 0.257 e. The van der Waals surface area contributed by atoms with Crippen LogP contribution in [0.3, 0.4) is 0 Å². The van der Waals surface area contributed by atoms with Crippen molar-refractivity contribution in [3.05, 3.63) is 52.0 Å². The molecule has 4 rings (SSSR count). The molecule has 2 aromatic carbocycles. The van der Waals surface area contributed by atoms with E-state index in [1.165, 1.54) is 0 Å². The first kappa shape index (κ1) is 18.5. The number of carbonyl (C=O) groups is 1. The Morgan fingerprint density at radius 2 is 1.89 bits per heavy atom. The highest BCUT2D eigenvalue weighted by atomic mass is 35.5. The largest absolute Gasteiger partial charge is 0.345 e. The number of likely N-dealkylation sites (N-methyl/N-ethyl adjacent to an activating group) is 1. The lowest BCUT2D eigenvalue weighted by Crippen LogP contribution is -2.44.